The molecule has 0 heterocycles. The average Bonchev–Trinajstić information content (AvgIpc) is 2.06. The predicted molar refractivity (Wildman–Crippen MR) is 59.7 cm³/mol. The van der Waals surface area contributed by atoms with Crippen molar-refractivity contribution in [3.63, 3.8) is 0 Å². The molecule has 0 amide bonds. The SMILES string of the molecule is Cc1ccc(Cl)cc1NNC(N)=S. The normalized spacial score (nSPS) is 9.38. The maximum absolute atomic E-state index is 5.80. The first-order chi connectivity index (χ1) is 6.09. The highest BCUT2D eigenvalue weighted by molar-refractivity contribution is 7.80. The molecule has 0 aromatic heterocycles. The Morgan fingerprint density at radius 2 is 2.23 bits per heavy atom. The van der Waals surface area contributed by atoms with Crippen LogP contribution in [-0.2, 0) is 0 Å². The molecule has 13 heavy (non-hydrogen) atoms. The zero-order valence-electron chi connectivity index (χ0n) is 7.10. The third-order valence-electron chi connectivity index (χ3n) is 1.52. The highest BCUT2D eigenvalue weighted by Gasteiger charge is 1.97. The van der Waals surface area contributed by atoms with Crippen molar-refractivity contribution in [2.24, 2.45) is 5.73 Å². The number of rotatable bonds is 2. The number of hydrogen-bond acceptors (Lipinski definition) is 2. The number of thiocarbonyl (C=S) groups is 1. The van der Waals surface area contributed by atoms with Crippen molar-refractivity contribution in [1.29, 1.82) is 0 Å². The molecule has 0 saturated carbocycles. The molecule has 5 heteroatoms. The van der Waals surface area contributed by atoms with E-state index in [0.717, 1.165) is 11.3 Å². The highest BCUT2D eigenvalue weighted by atomic mass is 35.5. The van der Waals surface area contributed by atoms with Crippen molar-refractivity contribution < 1.29 is 0 Å². The summed E-state index contributed by atoms with van der Waals surface area (Å²) in [5.74, 6) is 0. The summed E-state index contributed by atoms with van der Waals surface area (Å²) in [6.07, 6.45) is 0. The van der Waals surface area contributed by atoms with Gasteiger partial charge in [-0.1, -0.05) is 17.7 Å². The third-order valence-corrected chi connectivity index (χ3v) is 1.86. The van der Waals surface area contributed by atoms with E-state index in [-0.39, 0.29) is 5.11 Å². The van der Waals surface area contributed by atoms with Gasteiger partial charge in [0.05, 0.1) is 5.69 Å². The Balaban J connectivity index is 2.75. The van der Waals surface area contributed by atoms with Crippen LogP contribution in [0.2, 0.25) is 5.02 Å². The maximum atomic E-state index is 5.80. The smallest absolute Gasteiger partial charge is 0.182 e. The van der Waals surface area contributed by atoms with Crippen molar-refractivity contribution in [2.75, 3.05) is 5.43 Å². The van der Waals surface area contributed by atoms with Crippen LogP contribution in [0.1, 0.15) is 5.56 Å². The predicted octanol–water partition coefficient (Wildman–Crippen LogP) is 1.81. The van der Waals surface area contributed by atoms with Gasteiger partial charge in [-0.15, -0.1) is 0 Å². The first-order valence-corrected chi connectivity index (χ1v) is 4.46. The van der Waals surface area contributed by atoms with E-state index in [2.05, 4.69) is 23.1 Å². The maximum Gasteiger partial charge on any atom is 0.182 e. The molecule has 0 aliphatic carbocycles. The first kappa shape index (κ1) is 10.1. The lowest BCUT2D eigenvalue weighted by Crippen LogP contribution is -2.34. The van der Waals surface area contributed by atoms with Gasteiger partial charge in [0.25, 0.3) is 0 Å². The molecular formula is C8H10ClN3S. The number of nitrogens with one attached hydrogen (secondary N) is 2. The number of anilines is 1. The molecule has 0 unspecified atom stereocenters. The summed E-state index contributed by atoms with van der Waals surface area (Å²) >= 11 is 10.4. The molecule has 0 bridgehead atoms. The lowest BCUT2D eigenvalue weighted by Gasteiger charge is -2.10. The van der Waals surface area contributed by atoms with Crippen molar-refractivity contribution >= 4 is 34.6 Å². The van der Waals surface area contributed by atoms with Gasteiger partial charge >= 0.3 is 0 Å². The molecule has 1 aromatic carbocycles. The van der Waals surface area contributed by atoms with Crippen LogP contribution in [0.3, 0.4) is 0 Å². The number of nitrogens with two attached hydrogens (primary N) is 1. The molecule has 0 aliphatic rings. The van der Waals surface area contributed by atoms with Gasteiger partial charge in [-0.3, -0.25) is 10.9 Å². The Hall–Kier alpha value is -1.00. The van der Waals surface area contributed by atoms with Gasteiger partial charge in [-0.2, -0.15) is 0 Å². The fourth-order valence-electron chi connectivity index (χ4n) is 0.858. The van der Waals surface area contributed by atoms with E-state index >= 15 is 0 Å². The molecule has 70 valence electrons. The Morgan fingerprint density at radius 1 is 1.54 bits per heavy atom. The lowest BCUT2D eigenvalue weighted by molar-refractivity contribution is 1.12. The topological polar surface area (TPSA) is 50.1 Å². The molecule has 0 fully saturated rings. The Morgan fingerprint density at radius 3 is 2.85 bits per heavy atom. The van der Waals surface area contributed by atoms with Crippen LogP contribution in [-0.4, -0.2) is 5.11 Å². The molecule has 0 saturated heterocycles. The quantitative estimate of drug-likeness (QED) is 0.520. The zero-order chi connectivity index (χ0) is 9.84. The molecule has 0 aliphatic heterocycles. The monoisotopic (exact) mass is 215 g/mol. The summed E-state index contributed by atoms with van der Waals surface area (Å²) in [7, 11) is 0. The van der Waals surface area contributed by atoms with E-state index in [0.29, 0.717) is 5.02 Å². The van der Waals surface area contributed by atoms with Crippen molar-refractivity contribution in [3.05, 3.63) is 28.8 Å². The Labute approximate surface area is 87.2 Å². The highest BCUT2D eigenvalue weighted by Crippen LogP contribution is 2.18. The summed E-state index contributed by atoms with van der Waals surface area (Å²) in [4.78, 5) is 0. The van der Waals surface area contributed by atoms with Crippen LogP contribution in [0.25, 0.3) is 0 Å². The van der Waals surface area contributed by atoms with Crippen molar-refractivity contribution in [1.82, 2.24) is 5.43 Å². The van der Waals surface area contributed by atoms with Gasteiger partial charge in [0.2, 0.25) is 0 Å². The van der Waals surface area contributed by atoms with E-state index in [1.165, 1.54) is 0 Å². The van der Waals surface area contributed by atoms with Gasteiger partial charge in [-0.25, -0.2) is 0 Å². The van der Waals surface area contributed by atoms with E-state index in [9.17, 15) is 0 Å². The van der Waals surface area contributed by atoms with Gasteiger partial charge in [0.1, 0.15) is 0 Å². The zero-order valence-corrected chi connectivity index (χ0v) is 8.67. The standard InChI is InChI=1S/C8H10ClN3S/c1-5-2-3-6(9)4-7(5)11-12-8(10)13/h2-4,11H,1H3,(H3,10,12,13). The Bertz CT molecular complexity index is 327. The summed E-state index contributed by atoms with van der Waals surface area (Å²) in [5, 5.41) is 0.859. The number of halogens is 1. The van der Waals surface area contributed by atoms with E-state index in [1.54, 1.807) is 6.07 Å². The largest absolute Gasteiger partial charge is 0.375 e. The number of benzene rings is 1. The van der Waals surface area contributed by atoms with Gasteiger partial charge in [-0.05, 0) is 36.8 Å². The number of aryl methyl sites for hydroxylation is 1. The summed E-state index contributed by atoms with van der Waals surface area (Å²) in [5.41, 5.74) is 12.7. The fourth-order valence-corrected chi connectivity index (χ4v) is 1.08. The molecule has 4 N–H and O–H groups in total. The molecular weight excluding hydrogens is 206 g/mol. The number of hydrazine groups is 1. The first-order valence-electron chi connectivity index (χ1n) is 3.67. The molecule has 0 atom stereocenters. The summed E-state index contributed by atoms with van der Waals surface area (Å²) < 4.78 is 0. The molecule has 1 aromatic rings. The minimum atomic E-state index is 0.194. The average molecular weight is 216 g/mol. The molecule has 3 nitrogen and oxygen atoms in total. The van der Waals surface area contributed by atoms with Crippen LogP contribution < -0.4 is 16.6 Å². The third kappa shape index (κ3) is 3.08. The number of hydrogen-bond donors (Lipinski definition) is 3. The molecule has 1 rings (SSSR count). The second-order valence-electron chi connectivity index (χ2n) is 2.57. The lowest BCUT2D eigenvalue weighted by atomic mass is 10.2. The van der Waals surface area contributed by atoms with Crippen molar-refractivity contribution in [3.8, 4) is 0 Å². The van der Waals surface area contributed by atoms with E-state index in [1.807, 2.05) is 19.1 Å². The van der Waals surface area contributed by atoms with Crippen LogP contribution in [0, 0.1) is 6.92 Å². The molecule has 0 radical (unpaired) electrons. The van der Waals surface area contributed by atoms with Gasteiger partial charge < -0.3 is 5.73 Å². The van der Waals surface area contributed by atoms with Crippen LogP contribution in [0.4, 0.5) is 5.69 Å². The second kappa shape index (κ2) is 4.30. The summed E-state index contributed by atoms with van der Waals surface area (Å²) in [6.45, 7) is 1.96. The Kier molecular flexibility index (Phi) is 3.33. The van der Waals surface area contributed by atoms with Crippen LogP contribution >= 0.6 is 23.8 Å². The van der Waals surface area contributed by atoms with E-state index in [4.69, 9.17) is 17.3 Å². The van der Waals surface area contributed by atoms with Crippen LogP contribution in [0.15, 0.2) is 18.2 Å². The fraction of sp³-hybridized carbons (Fsp3) is 0.125. The van der Waals surface area contributed by atoms with Gasteiger partial charge in [0, 0.05) is 5.02 Å². The molecule has 0 spiro atoms. The minimum Gasteiger partial charge on any atom is -0.375 e. The van der Waals surface area contributed by atoms with Crippen molar-refractivity contribution in [2.45, 2.75) is 6.92 Å². The van der Waals surface area contributed by atoms with E-state index < -0.39 is 0 Å². The minimum absolute atomic E-state index is 0.194. The summed E-state index contributed by atoms with van der Waals surface area (Å²) in [6, 6.07) is 5.52. The van der Waals surface area contributed by atoms with Gasteiger partial charge in [0.15, 0.2) is 5.11 Å². The second-order valence-corrected chi connectivity index (χ2v) is 3.45. The van der Waals surface area contributed by atoms with Crippen LogP contribution in [0.5, 0.6) is 0 Å².